The molecular formula is C16H19N3O3. The molecule has 0 spiro atoms. The van der Waals surface area contributed by atoms with Gasteiger partial charge in [0.25, 0.3) is 5.91 Å². The van der Waals surface area contributed by atoms with Crippen molar-refractivity contribution >= 4 is 5.91 Å². The average Bonchev–Trinajstić information content (AvgIpc) is 3.07. The molecule has 1 aliphatic rings. The van der Waals surface area contributed by atoms with Gasteiger partial charge in [0.1, 0.15) is 0 Å². The number of nitrogens with one attached hydrogen (secondary N) is 1. The summed E-state index contributed by atoms with van der Waals surface area (Å²) in [6.07, 6.45) is 4.97. The molecule has 2 heterocycles. The lowest BCUT2D eigenvalue weighted by Crippen LogP contribution is -2.42. The van der Waals surface area contributed by atoms with E-state index in [0.717, 1.165) is 12.1 Å². The summed E-state index contributed by atoms with van der Waals surface area (Å²) in [7, 11) is 0. The molecule has 1 aromatic heterocycles. The predicted molar refractivity (Wildman–Crippen MR) is 80.2 cm³/mol. The summed E-state index contributed by atoms with van der Waals surface area (Å²) in [4.78, 5) is 16.0. The van der Waals surface area contributed by atoms with Crippen LogP contribution in [0, 0.1) is 0 Å². The number of benzene rings is 1. The summed E-state index contributed by atoms with van der Waals surface area (Å²) in [5.74, 6) is -0.125. The van der Waals surface area contributed by atoms with E-state index >= 15 is 0 Å². The minimum Gasteiger partial charge on any atom is -0.376 e. The van der Waals surface area contributed by atoms with Crippen LogP contribution in [0.5, 0.6) is 0 Å². The molecule has 0 bridgehead atoms. The Hall–Kier alpha value is -2.18. The van der Waals surface area contributed by atoms with Crippen molar-refractivity contribution in [3.05, 3.63) is 54.1 Å². The molecule has 6 nitrogen and oxygen atoms in total. The second kappa shape index (κ2) is 7.20. The zero-order valence-electron chi connectivity index (χ0n) is 12.3. The topological polar surface area (TPSA) is 65.4 Å². The smallest absolute Gasteiger partial charge is 0.251 e. The van der Waals surface area contributed by atoms with Crippen LogP contribution >= 0.6 is 0 Å². The number of ether oxygens (including phenoxy) is 2. The molecule has 6 heteroatoms. The molecule has 1 amide bonds. The van der Waals surface area contributed by atoms with Crippen LogP contribution in [-0.2, 0) is 27.4 Å². The molecule has 0 aliphatic carbocycles. The van der Waals surface area contributed by atoms with Gasteiger partial charge in [-0.1, -0.05) is 24.3 Å². The molecule has 1 fully saturated rings. The van der Waals surface area contributed by atoms with Crippen molar-refractivity contribution < 1.29 is 14.3 Å². The van der Waals surface area contributed by atoms with E-state index in [9.17, 15) is 4.79 Å². The number of hydrogen-bond acceptors (Lipinski definition) is 4. The first-order valence-corrected chi connectivity index (χ1v) is 7.32. The van der Waals surface area contributed by atoms with Crippen LogP contribution in [0.4, 0.5) is 0 Å². The van der Waals surface area contributed by atoms with Gasteiger partial charge in [0.05, 0.1) is 26.1 Å². The highest BCUT2D eigenvalue weighted by atomic mass is 16.6. The number of imidazole rings is 1. The Morgan fingerprint density at radius 1 is 1.36 bits per heavy atom. The van der Waals surface area contributed by atoms with Gasteiger partial charge < -0.3 is 19.4 Å². The van der Waals surface area contributed by atoms with Gasteiger partial charge in [0, 0.05) is 25.5 Å². The molecule has 1 aromatic carbocycles. The van der Waals surface area contributed by atoms with E-state index in [1.807, 2.05) is 22.9 Å². The average molecular weight is 301 g/mol. The van der Waals surface area contributed by atoms with Crippen molar-refractivity contribution in [1.29, 1.82) is 0 Å². The summed E-state index contributed by atoms with van der Waals surface area (Å²) >= 11 is 0. The number of amides is 1. The van der Waals surface area contributed by atoms with Gasteiger partial charge in [-0.15, -0.1) is 0 Å². The Morgan fingerprint density at radius 2 is 2.27 bits per heavy atom. The van der Waals surface area contributed by atoms with Gasteiger partial charge in [0.15, 0.2) is 6.10 Å². The summed E-state index contributed by atoms with van der Waals surface area (Å²) in [5.41, 5.74) is 2.23. The molecule has 0 radical (unpaired) electrons. The SMILES string of the molecule is O=C(NCc1cccc(Cn2ccnc2)c1)[C@H]1COCCO1. The fourth-order valence-electron chi connectivity index (χ4n) is 2.37. The van der Waals surface area contributed by atoms with Crippen LogP contribution in [0.2, 0.25) is 0 Å². The fourth-order valence-corrected chi connectivity index (χ4v) is 2.37. The normalized spacial score (nSPS) is 18.1. The molecule has 0 unspecified atom stereocenters. The van der Waals surface area contributed by atoms with E-state index in [0.29, 0.717) is 26.4 Å². The zero-order chi connectivity index (χ0) is 15.2. The summed E-state index contributed by atoms with van der Waals surface area (Å²) in [6, 6.07) is 8.13. The maximum atomic E-state index is 12.0. The lowest BCUT2D eigenvalue weighted by atomic mass is 10.1. The van der Waals surface area contributed by atoms with Crippen LogP contribution < -0.4 is 5.32 Å². The minimum atomic E-state index is -0.497. The third-order valence-electron chi connectivity index (χ3n) is 3.49. The van der Waals surface area contributed by atoms with Crippen LogP contribution in [0.1, 0.15) is 11.1 Å². The van der Waals surface area contributed by atoms with Crippen LogP contribution in [0.25, 0.3) is 0 Å². The summed E-state index contributed by atoms with van der Waals surface area (Å²) in [6.45, 7) is 2.60. The Labute approximate surface area is 129 Å². The molecule has 1 atom stereocenters. The van der Waals surface area contributed by atoms with Gasteiger partial charge in [-0.05, 0) is 11.1 Å². The maximum Gasteiger partial charge on any atom is 0.251 e. The van der Waals surface area contributed by atoms with E-state index < -0.39 is 6.10 Å². The number of carbonyl (C=O) groups excluding carboxylic acids is 1. The maximum absolute atomic E-state index is 12.0. The van der Waals surface area contributed by atoms with Crippen LogP contribution in [-0.4, -0.2) is 41.4 Å². The summed E-state index contributed by atoms with van der Waals surface area (Å²) in [5, 5.41) is 2.89. The second-order valence-corrected chi connectivity index (χ2v) is 5.21. The molecule has 2 aromatic rings. The lowest BCUT2D eigenvalue weighted by Gasteiger charge is -2.22. The van der Waals surface area contributed by atoms with E-state index in [1.165, 1.54) is 5.56 Å². The van der Waals surface area contributed by atoms with Crippen molar-refractivity contribution in [1.82, 2.24) is 14.9 Å². The highest BCUT2D eigenvalue weighted by Crippen LogP contribution is 2.08. The Balaban J connectivity index is 1.54. The van der Waals surface area contributed by atoms with E-state index in [4.69, 9.17) is 9.47 Å². The van der Waals surface area contributed by atoms with Crippen molar-refractivity contribution in [2.24, 2.45) is 0 Å². The Morgan fingerprint density at radius 3 is 3.05 bits per heavy atom. The van der Waals surface area contributed by atoms with E-state index in [2.05, 4.69) is 22.4 Å². The zero-order valence-corrected chi connectivity index (χ0v) is 12.3. The number of carbonyl (C=O) groups is 1. The number of hydrogen-bond donors (Lipinski definition) is 1. The second-order valence-electron chi connectivity index (χ2n) is 5.21. The highest BCUT2D eigenvalue weighted by Gasteiger charge is 2.22. The van der Waals surface area contributed by atoms with Gasteiger partial charge in [-0.25, -0.2) is 4.98 Å². The van der Waals surface area contributed by atoms with Gasteiger partial charge in [-0.2, -0.15) is 0 Å². The number of rotatable bonds is 5. The Bertz CT molecular complexity index is 607. The molecule has 22 heavy (non-hydrogen) atoms. The van der Waals surface area contributed by atoms with Crippen molar-refractivity contribution in [3.8, 4) is 0 Å². The third kappa shape index (κ3) is 3.93. The van der Waals surface area contributed by atoms with Crippen molar-refractivity contribution in [2.45, 2.75) is 19.2 Å². The minimum absolute atomic E-state index is 0.125. The first kappa shape index (κ1) is 14.7. The molecule has 116 valence electrons. The number of nitrogens with zero attached hydrogens (tertiary/aromatic N) is 2. The van der Waals surface area contributed by atoms with Gasteiger partial charge in [0.2, 0.25) is 0 Å². The molecule has 1 aliphatic heterocycles. The molecule has 1 N–H and O–H groups in total. The van der Waals surface area contributed by atoms with Crippen molar-refractivity contribution in [2.75, 3.05) is 19.8 Å². The molecular weight excluding hydrogens is 282 g/mol. The van der Waals surface area contributed by atoms with Crippen LogP contribution in [0.3, 0.4) is 0 Å². The summed E-state index contributed by atoms with van der Waals surface area (Å²) < 4.78 is 12.6. The van der Waals surface area contributed by atoms with Crippen molar-refractivity contribution in [3.63, 3.8) is 0 Å². The predicted octanol–water partition coefficient (Wildman–Crippen LogP) is 0.963. The highest BCUT2D eigenvalue weighted by molar-refractivity contribution is 5.80. The largest absolute Gasteiger partial charge is 0.376 e. The lowest BCUT2D eigenvalue weighted by molar-refractivity contribution is -0.147. The first-order chi connectivity index (χ1) is 10.8. The van der Waals surface area contributed by atoms with Gasteiger partial charge >= 0.3 is 0 Å². The van der Waals surface area contributed by atoms with E-state index in [1.54, 1.807) is 12.5 Å². The quantitative estimate of drug-likeness (QED) is 0.893. The monoisotopic (exact) mass is 301 g/mol. The Kier molecular flexibility index (Phi) is 4.82. The number of aromatic nitrogens is 2. The standard InChI is InChI=1S/C16H19N3O3/c20-16(15-11-21-6-7-22-15)18-9-13-2-1-3-14(8-13)10-19-5-4-17-12-19/h1-5,8,12,15H,6-7,9-11H2,(H,18,20)/t15-/m1/s1. The first-order valence-electron chi connectivity index (χ1n) is 7.32. The van der Waals surface area contributed by atoms with Gasteiger partial charge in [-0.3, -0.25) is 4.79 Å². The molecule has 0 saturated carbocycles. The molecule has 3 rings (SSSR count). The van der Waals surface area contributed by atoms with E-state index in [-0.39, 0.29) is 5.91 Å². The third-order valence-corrected chi connectivity index (χ3v) is 3.49. The fraction of sp³-hybridized carbons (Fsp3) is 0.375. The van der Waals surface area contributed by atoms with Crippen LogP contribution in [0.15, 0.2) is 43.0 Å². The molecule has 1 saturated heterocycles.